The first-order valence-electron chi connectivity index (χ1n) is 9.13. The second kappa shape index (κ2) is 10.8. The van der Waals surface area contributed by atoms with E-state index in [1.807, 2.05) is 6.07 Å². The number of carbonyl (C=O) groups is 1. The van der Waals surface area contributed by atoms with Crippen molar-refractivity contribution in [2.45, 2.75) is 24.8 Å². The van der Waals surface area contributed by atoms with E-state index in [-0.39, 0.29) is 25.4 Å². The Labute approximate surface area is 182 Å². The molecule has 1 atom stereocenters. The van der Waals surface area contributed by atoms with Crippen molar-refractivity contribution in [1.29, 1.82) is 5.26 Å². The average Bonchev–Trinajstić information content (AvgIpc) is 2.76. The van der Waals surface area contributed by atoms with Crippen molar-refractivity contribution in [3.63, 3.8) is 0 Å². The summed E-state index contributed by atoms with van der Waals surface area (Å²) in [5.41, 5.74) is 0.138. The number of rotatable bonds is 9. The first-order chi connectivity index (χ1) is 14.5. The van der Waals surface area contributed by atoms with Gasteiger partial charge in [0.25, 0.3) is 0 Å². The lowest BCUT2D eigenvalue weighted by atomic mass is 9.88. The zero-order valence-electron chi connectivity index (χ0n) is 16.6. The van der Waals surface area contributed by atoms with Gasteiger partial charge in [-0.25, -0.2) is 0 Å². The van der Waals surface area contributed by atoms with Gasteiger partial charge in [0.2, 0.25) is 5.91 Å². The molecule has 0 aliphatic heterocycles. The average molecular weight is 421 g/mol. The number of aryl methyl sites for hydroxylation is 1. The lowest BCUT2D eigenvalue weighted by Gasteiger charge is -2.26. The van der Waals surface area contributed by atoms with Crippen LogP contribution in [0, 0.1) is 36.0 Å². The van der Waals surface area contributed by atoms with Crippen LogP contribution in [0.4, 0.5) is 0 Å². The monoisotopic (exact) mass is 420 g/mol. The van der Waals surface area contributed by atoms with E-state index < -0.39 is 5.54 Å². The number of nitrogens with zero attached hydrogens (tertiary/aromatic N) is 1. The quantitative estimate of drug-likeness (QED) is 0.625. The van der Waals surface area contributed by atoms with Crippen molar-refractivity contribution in [2.75, 3.05) is 13.7 Å². The van der Waals surface area contributed by atoms with Crippen LogP contribution in [0.1, 0.15) is 24.0 Å². The fourth-order valence-electron chi connectivity index (χ4n) is 2.90. The molecule has 0 radical (unpaired) electrons. The van der Waals surface area contributed by atoms with Crippen molar-refractivity contribution >= 4 is 17.5 Å². The van der Waals surface area contributed by atoms with Crippen LogP contribution < -0.4 is 14.8 Å². The molecule has 0 saturated heterocycles. The van der Waals surface area contributed by atoms with Gasteiger partial charge in [0.1, 0.15) is 6.61 Å². The number of nitrogens with one attached hydrogen (secondary N) is 1. The van der Waals surface area contributed by atoms with Gasteiger partial charge in [-0.05, 0) is 41.8 Å². The number of nitriles is 1. The van der Waals surface area contributed by atoms with Crippen LogP contribution in [0.15, 0.2) is 42.5 Å². The Bertz CT molecular complexity index is 1010. The van der Waals surface area contributed by atoms with E-state index in [9.17, 15) is 10.1 Å². The summed E-state index contributed by atoms with van der Waals surface area (Å²) in [5.74, 6) is 5.64. The third kappa shape index (κ3) is 5.71. The van der Waals surface area contributed by atoms with Crippen LogP contribution in [0.5, 0.6) is 11.5 Å². The Kier molecular flexibility index (Phi) is 8.18. The lowest BCUT2D eigenvalue weighted by Crippen LogP contribution is -2.44. The predicted octanol–water partition coefficient (Wildman–Crippen LogP) is 3.85. The topological polar surface area (TPSA) is 71.3 Å². The largest absolute Gasteiger partial charge is 0.493 e. The normalized spacial score (nSPS) is 11.8. The first kappa shape index (κ1) is 22.7. The van der Waals surface area contributed by atoms with E-state index in [1.165, 1.54) is 7.11 Å². The van der Waals surface area contributed by atoms with Gasteiger partial charge in [0.05, 0.1) is 13.2 Å². The molecule has 2 rings (SSSR count). The third-order valence-corrected chi connectivity index (χ3v) is 4.68. The third-order valence-electron chi connectivity index (χ3n) is 4.43. The molecule has 1 N–H and O–H groups in total. The van der Waals surface area contributed by atoms with E-state index >= 15 is 0 Å². The van der Waals surface area contributed by atoms with Crippen LogP contribution in [-0.4, -0.2) is 19.6 Å². The van der Waals surface area contributed by atoms with Crippen LogP contribution in [0.25, 0.3) is 0 Å². The smallest absolute Gasteiger partial charge is 0.221 e. The molecule has 2 aromatic carbocycles. The summed E-state index contributed by atoms with van der Waals surface area (Å²) in [6.45, 7) is 0.133. The molecular weight excluding hydrogens is 400 g/mol. The van der Waals surface area contributed by atoms with E-state index in [0.29, 0.717) is 28.5 Å². The summed E-state index contributed by atoms with van der Waals surface area (Å²) < 4.78 is 10.7. The molecule has 0 saturated carbocycles. The van der Waals surface area contributed by atoms with E-state index in [0.717, 1.165) is 5.56 Å². The minimum atomic E-state index is -1.32. The Morgan fingerprint density at radius 2 is 1.90 bits per heavy atom. The van der Waals surface area contributed by atoms with Crippen molar-refractivity contribution in [3.05, 3.63) is 58.6 Å². The maximum atomic E-state index is 12.6. The number of ether oxygens (including phenoxy) is 2. The van der Waals surface area contributed by atoms with E-state index in [4.69, 9.17) is 33.9 Å². The number of amides is 1. The summed E-state index contributed by atoms with van der Waals surface area (Å²) in [6, 6.07) is 14.2. The molecule has 1 unspecified atom stereocenters. The second-order valence-electron chi connectivity index (χ2n) is 6.43. The summed E-state index contributed by atoms with van der Waals surface area (Å²) in [5, 5.41) is 13.1. The molecule has 0 fully saturated rings. The zero-order valence-corrected chi connectivity index (χ0v) is 17.3. The van der Waals surface area contributed by atoms with Crippen molar-refractivity contribution in [3.8, 4) is 42.3 Å². The SMILES string of the molecule is C#CCOc1ccc(CCC(=O)NC(C#N)(CC#C)c2ccc(Cl)cc2)cc1OC. The van der Waals surface area contributed by atoms with Gasteiger partial charge in [-0.3, -0.25) is 4.79 Å². The lowest BCUT2D eigenvalue weighted by molar-refractivity contribution is -0.122. The molecule has 0 heterocycles. The molecule has 5 nitrogen and oxygen atoms in total. The number of hydrogen-bond acceptors (Lipinski definition) is 4. The van der Waals surface area contributed by atoms with Crippen LogP contribution >= 0.6 is 11.6 Å². The Hall–Kier alpha value is -3.59. The summed E-state index contributed by atoms with van der Waals surface area (Å²) in [4.78, 5) is 12.6. The number of benzene rings is 2. The predicted molar refractivity (Wildman–Crippen MR) is 116 cm³/mol. The van der Waals surface area contributed by atoms with Gasteiger partial charge in [-0.1, -0.05) is 35.7 Å². The van der Waals surface area contributed by atoms with Gasteiger partial charge in [-0.15, -0.1) is 18.8 Å². The highest BCUT2D eigenvalue weighted by molar-refractivity contribution is 6.30. The highest BCUT2D eigenvalue weighted by Crippen LogP contribution is 2.29. The molecule has 6 heteroatoms. The summed E-state index contributed by atoms with van der Waals surface area (Å²) in [7, 11) is 1.53. The van der Waals surface area contributed by atoms with Crippen LogP contribution in [0.2, 0.25) is 5.02 Å². The standard InChI is InChI=1S/C24H21ClN2O3/c1-4-14-24(17-26,19-8-10-20(25)11-9-19)27-23(28)13-7-18-6-12-21(30-15-5-2)22(16-18)29-3/h1-2,6,8-12,16H,7,13-15H2,3H3,(H,27,28). The molecule has 2 aromatic rings. The Morgan fingerprint density at radius 1 is 1.17 bits per heavy atom. The van der Waals surface area contributed by atoms with Crippen molar-refractivity contribution in [2.24, 2.45) is 0 Å². The molecule has 0 aliphatic carbocycles. The minimum absolute atomic E-state index is 0.0336. The Morgan fingerprint density at radius 3 is 2.50 bits per heavy atom. The van der Waals surface area contributed by atoms with E-state index in [2.05, 4.69) is 23.2 Å². The molecule has 0 spiro atoms. The molecule has 30 heavy (non-hydrogen) atoms. The summed E-state index contributed by atoms with van der Waals surface area (Å²) in [6.07, 6.45) is 11.3. The maximum Gasteiger partial charge on any atom is 0.221 e. The number of terminal acetylenes is 2. The molecule has 1 amide bonds. The van der Waals surface area contributed by atoms with Gasteiger partial charge in [0, 0.05) is 17.9 Å². The fraction of sp³-hybridized carbons (Fsp3) is 0.250. The van der Waals surface area contributed by atoms with Gasteiger partial charge in [0.15, 0.2) is 17.0 Å². The number of methoxy groups -OCH3 is 1. The fourth-order valence-corrected chi connectivity index (χ4v) is 3.03. The molecule has 152 valence electrons. The van der Waals surface area contributed by atoms with Crippen molar-refractivity contribution in [1.82, 2.24) is 5.32 Å². The van der Waals surface area contributed by atoms with E-state index in [1.54, 1.807) is 36.4 Å². The highest BCUT2D eigenvalue weighted by atomic mass is 35.5. The second-order valence-corrected chi connectivity index (χ2v) is 6.87. The maximum absolute atomic E-state index is 12.6. The number of carbonyl (C=O) groups excluding carboxylic acids is 1. The van der Waals surface area contributed by atoms with Crippen molar-refractivity contribution < 1.29 is 14.3 Å². The molecule has 0 aromatic heterocycles. The minimum Gasteiger partial charge on any atom is -0.493 e. The van der Waals surface area contributed by atoms with Gasteiger partial charge in [-0.2, -0.15) is 5.26 Å². The van der Waals surface area contributed by atoms with Gasteiger partial charge >= 0.3 is 0 Å². The highest BCUT2D eigenvalue weighted by Gasteiger charge is 2.33. The Balaban J connectivity index is 2.11. The van der Waals surface area contributed by atoms with Gasteiger partial charge < -0.3 is 14.8 Å². The van der Waals surface area contributed by atoms with Crippen LogP contribution in [0.3, 0.4) is 0 Å². The molecule has 0 aliphatic rings. The first-order valence-corrected chi connectivity index (χ1v) is 9.50. The summed E-state index contributed by atoms with van der Waals surface area (Å²) >= 11 is 5.93. The molecule has 0 bridgehead atoms. The number of hydrogen-bond donors (Lipinski definition) is 1. The molecular formula is C24H21ClN2O3. The zero-order chi connectivity index (χ0) is 22.0. The number of halogens is 1. The van der Waals surface area contributed by atoms with Crippen LogP contribution in [-0.2, 0) is 16.8 Å².